The van der Waals surface area contributed by atoms with Crippen LogP contribution in [0.15, 0.2) is 40.0 Å². The molecule has 2 atom stereocenters. The molecule has 1 saturated carbocycles. The first-order valence-electron chi connectivity index (χ1n) is 8.86. The second kappa shape index (κ2) is 10.9. The van der Waals surface area contributed by atoms with E-state index in [1.54, 1.807) is 6.26 Å². The van der Waals surface area contributed by atoms with Crippen molar-refractivity contribution in [1.29, 1.82) is 0 Å². The highest BCUT2D eigenvalue weighted by Crippen LogP contribution is 2.36. The number of nitrogens with one attached hydrogen (secondary N) is 2. The lowest BCUT2D eigenvalue weighted by atomic mass is 9.73. The lowest BCUT2D eigenvalue weighted by molar-refractivity contribution is 0.00716. The van der Waals surface area contributed by atoms with E-state index in [9.17, 15) is 5.11 Å². The van der Waals surface area contributed by atoms with Gasteiger partial charge in [-0.05, 0) is 31.9 Å². The van der Waals surface area contributed by atoms with E-state index < -0.39 is 0 Å². The summed E-state index contributed by atoms with van der Waals surface area (Å²) in [6.45, 7) is 10.1. The largest absolute Gasteiger partial charge is 0.469 e. The second-order valence-electron chi connectivity index (χ2n) is 7.15. The molecule has 1 aliphatic carbocycles. The van der Waals surface area contributed by atoms with Gasteiger partial charge in [0.05, 0.1) is 18.9 Å². The van der Waals surface area contributed by atoms with Crippen LogP contribution in [0.2, 0.25) is 0 Å². The number of hydrogen-bond donors (Lipinski definition) is 3. The van der Waals surface area contributed by atoms with Crippen LogP contribution in [0.4, 0.5) is 0 Å². The summed E-state index contributed by atoms with van der Waals surface area (Å²) in [6.07, 6.45) is 6.42. The molecule has 2 unspecified atom stereocenters. The van der Waals surface area contributed by atoms with Crippen LogP contribution in [0.1, 0.15) is 45.3 Å². The minimum Gasteiger partial charge on any atom is -0.469 e. The van der Waals surface area contributed by atoms with Crippen molar-refractivity contribution in [1.82, 2.24) is 10.6 Å². The molecule has 1 aromatic heterocycles. The van der Waals surface area contributed by atoms with Crippen molar-refractivity contribution in [2.75, 3.05) is 19.6 Å². The molecular formula is C19H32IN3O2. The van der Waals surface area contributed by atoms with Crippen LogP contribution >= 0.6 is 24.0 Å². The second-order valence-corrected chi connectivity index (χ2v) is 7.15. The monoisotopic (exact) mass is 461 g/mol. The minimum atomic E-state index is -0.263. The number of furan rings is 1. The quantitative estimate of drug-likeness (QED) is 0.252. The van der Waals surface area contributed by atoms with Crippen molar-refractivity contribution in [3.05, 3.63) is 36.3 Å². The molecule has 5 nitrogen and oxygen atoms in total. The Morgan fingerprint density at radius 2 is 2.24 bits per heavy atom. The van der Waals surface area contributed by atoms with Crippen LogP contribution in [0.25, 0.3) is 0 Å². The summed E-state index contributed by atoms with van der Waals surface area (Å²) in [5.41, 5.74) is 0.927. The van der Waals surface area contributed by atoms with Crippen molar-refractivity contribution in [3.63, 3.8) is 0 Å². The summed E-state index contributed by atoms with van der Waals surface area (Å²) in [4.78, 5) is 4.72. The maximum Gasteiger partial charge on any atom is 0.191 e. The Morgan fingerprint density at radius 1 is 1.44 bits per heavy atom. The molecule has 0 aliphatic heterocycles. The smallest absolute Gasteiger partial charge is 0.191 e. The SMILES string of the molecule is C=C(C)CNC(=NCC1(C)CCCCC1O)NCCc1ccco1.I. The van der Waals surface area contributed by atoms with Crippen LogP contribution in [-0.4, -0.2) is 36.8 Å². The van der Waals surface area contributed by atoms with E-state index >= 15 is 0 Å². The van der Waals surface area contributed by atoms with E-state index in [2.05, 4.69) is 24.1 Å². The Labute approximate surface area is 168 Å². The van der Waals surface area contributed by atoms with Crippen molar-refractivity contribution in [3.8, 4) is 0 Å². The summed E-state index contributed by atoms with van der Waals surface area (Å²) in [6, 6.07) is 3.87. The van der Waals surface area contributed by atoms with E-state index in [-0.39, 0.29) is 35.5 Å². The summed E-state index contributed by atoms with van der Waals surface area (Å²) in [5.74, 6) is 1.72. The Balaban J connectivity index is 0.00000312. The molecule has 1 aliphatic rings. The number of aliphatic hydroxyl groups is 1. The minimum absolute atomic E-state index is 0. The first-order chi connectivity index (χ1) is 11.5. The molecule has 142 valence electrons. The summed E-state index contributed by atoms with van der Waals surface area (Å²) in [7, 11) is 0. The molecule has 1 aromatic rings. The molecule has 1 fully saturated rings. The maximum atomic E-state index is 10.3. The molecule has 1 heterocycles. The van der Waals surface area contributed by atoms with Crippen LogP contribution in [0.3, 0.4) is 0 Å². The number of halogens is 1. The summed E-state index contributed by atoms with van der Waals surface area (Å²) in [5, 5.41) is 17.0. The van der Waals surface area contributed by atoms with E-state index in [0.717, 1.165) is 49.5 Å². The molecule has 0 bridgehead atoms. The summed E-state index contributed by atoms with van der Waals surface area (Å²) >= 11 is 0. The number of guanidine groups is 1. The Morgan fingerprint density at radius 3 is 2.88 bits per heavy atom. The number of aliphatic hydroxyl groups excluding tert-OH is 1. The predicted octanol–water partition coefficient (Wildman–Crippen LogP) is 3.49. The molecule has 6 heteroatoms. The van der Waals surface area contributed by atoms with Crippen molar-refractivity contribution < 1.29 is 9.52 Å². The van der Waals surface area contributed by atoms with Gasteiger partial charge in [-0.15, -0.1) is 24.0 Å². The molecule has 3 N–H and O–H groups in total. The van der Waals surface area contributed by atoms with Gasteiger partial charge >= 0.3 is 0 Å². The Bertz CT molecular complexity index is 545. The van der Waals surface area contributed by atoms with Crippen molar-refractivity contribution in [2.45, 2.75) is 52.1 Å². The number of hydrogen-bond acceptors (Lipinski definition) is 3. The number of rotatable bonds is 7. The lowest BCUT2D eigenvalue weighted by Gasteiger charge is -2.37. The van der Waals surface area contributed by atoms with E-state index in [1.165, 1.54) is 6.42 Å². The van der Waals surface area contributed by atoms with Crippen LogP contribution in [0.5, 0.6) is 0 Å². The highest BCUT2D eigenvalue weighted by atomic mass is 127. The van der Waals surface area contributed by atoms with Gasteiger partial charge in [-0.1, -0.05) is 31.9 Å². The maximum absolute atomic E-state index is 10.3. The first-order valence-corrected chi connectivity index (χ1v) is 8.86. The van der Waals surface area contributed by atoms with Crippen molar-refractivity contribution in [2.24, 2.45) is 10.4 Å². The standard InChI is InChI=1S/C19H31N3O2.HI/c1-15(2)13-21-18(20-11-9-16-7-6-12-24-16)22-14-19(3)10-5-4-8-17(19)23;/h6-7,12,17,23H,1,4-5,8-11,13-14H2,2-3H3,(H2,20,21,22);1H. The van der Waals surface area contributed by atoms with Gasteiger partial charge in [0.2, 0.25) is 0 Å². The van der Waals surface area contributed by atoms with E-state index in [1.807, 2.05) is 19.1 Å². The molecule has 0 aromatic carbocycles. The zero-order valence-corrected chi connectivity index (χ0v) is 17.7. The Hall–Kier alpha value is -1.02. The molecular weight excluding hydrogens is 429 g/mol. The van der Waals surface area contributed by atoms with Gasteiger partial charge in [0.15, 0.2) is 5.96 Å². The van der Waals surface area contributed by atoms with E-state index in [0.29, 0.717) is 13.1 Å². The van der Waals surface area contributed by atoms with Gasteiger partial charge in [0.25, 0.3) is 0 Å². The average molecular weight is 461 g/mol. The highest BCUT2D eigenvalue weighted by molar-refractivity contribution is 14.0. The zero-order valence-electron chi connectivity index (χ0n) is 15.4. The zero-order chi connectivity index (χ0) is 17.4. The van der Waals surface area contributed by atoms with Gasteiger partial charge in [-0.25, -0.2) is 0 Å². The average Bonchev–Trinajstić information content (AvgIpc) is 3.06. The molecule has 2 rings (SSSR count). The van der Waals surface area contributed by atoms with Crippen LogP contribution in [-0.2, 0) is 6.42 Å². The van der Waals surface area contributed by atoms with Gasteiger partial charge in [-0.2, -0.15) is 0 Å². The third-order valence-electron chi connectivity index (χ3n) is 4.68. The third kappa shape index (κ3) is 7.40. The van der Waals surface area contributed by atoms with Gasteiger partial charge in [0, 0.05) is 24.9 Å². The van der Waals surface area contributed by atoms with Gasteiger partial charge < -0.3 is 20.2 Å². The van der Waals surface area contributed by atoms with Gasteiger partial charge in [-0.3, -0.25) is 4.99 Å². The number of nitrogens with zero attached hydrogens (tertiary/aromatic N) is 1. The fourth-order valence-corrected chi connectivity index (χ4v) is 2.99. The Kier molecular flexibility index (Phi) is 9.56. The van der Waals surface area contributed by atoms with Crippen LogP contribution < -0.4 is 10.6 Å². The fraction of sp³-hybridized carbons (Fsp3) is 0.632. The molecule has 0 saturated heterocycles. The fourth-order valence-electron chi connectivity index (χ4n) is 2.99. The molecule has 0 radical (unpaired) electrons. The topological polar surface area (TPSA) is 69.8 Å². The molecule has 0 amide bonds. The lowest BCUT2D eigenvalue weighted by Crippen LogP contribution is -2.42. The summed E-state index contributed by atoms with van der Waals surface area (Å²) < 4.78 is 5.35. The van der Waals surface area contributed by atoms with Crippen LogP contribution in [0, 0.1) is 5.41 Å². The highest BCUT2D eigenvalue weighted by Gasteiger charge is 2.35. The third-order valence-corrected chi connectivity index (χ3v) is 4.68. The predicted molar refractivity (Wildman–Crippen MR) is 114 cm³/mol. The van der Waals surface area contributed by atoms with Crippen molar-refractivity contribution >= 4 is 29.9 Å². The van der Waals surface area contributed by atoms with E-state index in [4.69, 9.17) is 9.41 Å². The molecule has 25 heavy (non-hydrogen) atoms. The molecule has 0 spiro atoms. The number of aliphatic imine (C=N–C) groups is 1. The van der Waals surface area contributed by atoms with Gasteiger partial charge in [0.1, 0.15) is 5.76 Å². The normalized spacial score (nSPS) is 23.6. The first kappa shape index (κ1) is 22.0.